The third-order valence-corrected chi connectivity index (χ3v) is 13.0. The number of anilines is 12. The predicted octanol–water partition coefficient (Wildman–Crippen LogP) is 14.8. The zero-order valence-corrected chi connectivity index (χ0v) is 53.8. The van der Waals surface area contributed by atoms with Crippen LogP contribution in [0.4, 0.5) is 95.8 Å². The molecule has 3 heterocycles. The lowest BCUT2D eigenvalue weighted by Gasteiger charge is -2.13. The fourth-order valence-corrected chi connectivity index (χ4v) is 8.20. The summed E-state index contributed by atoms with van der Waals surface area (Å²) in [5.74, 6) is -3.96. The van der Waals surface area contributed by atoms with E-state index in [4.69, 9.17) is 33.7 Å². The molecule has 3 aromatic heterocycles. The van der Waals surface area contributed by atoms with Crippen LogP contribution in [0.5, 0.6) is 17.2 Å². The fourth-order valence-electron chi connectivity index (χ4n) is 8.20. The molecule has 1 unspecified atom stereocenters. The third kappa shape index (κ3) is 22.4. The van der Waals surface area contributed by atoms with Crippen LogP contribution in [0.1, 0.15) is 53.2 Å². The van der Waals surface area contributed by atoms with Gasteiger partial charge in [0.05, 0.1) is 50.1 Å². The average Bonchev–Trinajstić information content (AvgIpc) is 0.979. The molecule has 0 fully saturated rings. The van der Waals surface area contributed by atoms with Crippen LogP contribution in [0.2, 0.25) is 0 Å². The van der Waals surface area contributed by atoms with Gasteiger partial charge in [-0.1, -0.05) is 30.9 Å². The summed E-state index contributed by atoms with van der Waals surface area (Å²) in [6, 6.07) is 34.0. The second-order valence-corrected chi connectivity index (χ2v) is 20.9. The standard InChI is InChI=1S/C24H24F2N4O3.C23H21F2N5O3.C23H22F2N4O3/c1-15(2)12-21(31)16-4-6-17(7-5-16)28-23-20(26)14-27-24(30-23)29-18-8-9-22(19(25)13-18)33-11-10-32-3;1-14(12-26)21(31)15-4-3-5-16(10-15)28-22-19(25)13-27-23(30-22)29-17-6-7-20(18(24)11-17)33-9-8-32-2;1-14(2)21(30)15-4-6-16(7-5-15)27-22-19(25)13-26-23(29-22)28-17-8-9-20(18(24)12-17)32-11-10-31-3/h4-9,12-14H,10-11H2,1-3H3,(H2,27,28,29,30);3-7,10-11,13,21,31H,1,8-9H2,2H3,(H2,27,28,29,30);4-9,12-13H,1,10-11H2,2-3H3,(H2,26,27,28,29). The number of hydrogen-bond acceptors (Lipinski definition) is 22. The van der Waals surface area contributed by atoms with Crippen LogP contribution in [0.3, 0.4) is 0 Å². The molecule has 0 radical (unpaired) electrons. The Hall–Kier alpha value is -11.8. The lowest BCUT2D eigenvalue weighted by atomic mass is 10.0. The van der Waals surface area contributed by atoms with E-state index in [0.717, 1.165) is 24.2 Å². The molecule has 9 rings (SSSR count). The zero-order valence-electron chi connectivity index (χ0n) is 53.8. The molecular formula is C70H67F6N13O9. The summed E-state index contributed by atoms with van der Waals surface area (Å²) in [6.45, 7) is 14.1. The Balaban J connectivity index is 0.000000207. The first-order valence-electron chi connectivity index (χ1n) is 29.5. The molecule has 0 saturated heterocycles. The number of aromatic nitrogens is 6. The van der Waals surface area contributed by atoms with Gasteiger partial charge < -0.3 is 65.4 Å². The smallest absolute Gasteiger partial charge is 0.229 e. The maximum absolute atomic E-state index is 14.3. The molecule has 0 aliphatic heterocycles. The highest BCUT2D eigenvalue weighted by Gasteiger charge is 2.17. The Labute approximate surface area is 560 Å². The largest absolute Gasteiger partial charge is 0.488 e. The number of hydrogen-bond donors (Lipinski definition) is 7. The Morgan fingerprint density at radius 3 is 1.19 bits per heavy atom. The zero-order chi connectivity index (χ0) is 70.7. The van der Waals surface area contributed by atoms with Gasteiger partial charge in [-0.15, -0.1) is 0 Å². The van der Waals surface area contributed by atoms with E-state index in [1.54, 1.807) is 110 Å². The van der Waals surface area contributed by atoms with Gasteiger partial charge in [0, 0.05) is 84.8 Å². The van der Waals surface area contributed by atoms with Gasteiger partial charge in [-0.25, -0.2) is 41.3 Å². The molecule has 0 bridgehead atoms. The number of Topliss-reactive ketones (excluding diaryl/α,β-unsaturated/α-hetero) is 1. The molecule has 0 spiro atoms. The quantitative estimate of drug-likeness (QED) is 0.00724. The maximum atomic E-state index is 14.3. The lowest BCUT2D eigenvalue weighted by Crippen LogP contribution is -2.06. The minimum absolute atomic E-state index is 0.0193. The number of carbonyl (C=O) groups excluding carboxylic acids is 2. The number of methoxy groups -OCH3 is 3. The predicted molar refractivity (Wildman–Crippen MR) is 359 cm³/mol. The van der Waals surface area contributed by atoms with E-state index >= 15 is 0 Å². The number of nitriles is 1. The van der Waals surface area contributed by atoms with Crippen LogP contribution < -0.4 is 46.1 Å². The van der Waals surface area contributed by atoms with E-state index in [1.165, 1.54) is 57.7 Å². The number of halogens is 6. The van der Waals surface area contributed by atoms with Gasteiger partial charge in [0.25, 0.3) is 0 Å². The van der Waals surface area contributed by atoms with Crippen molar-refractivity contribution in [3.8, 4) is 23.3 Å². The molecule has 9 aromatic rings. The number of ketones is 2. The monoisotopic (exact) mass is 1350 g/mol. The van der Waals surface area contributed by atoms with Gasteiger partial charge in [0.15, 0.2) is 81.2 Å². The molecule has 22 nitrogen and oxygen atoms in total. The van der Waals surface area contributed by atoms with Crippen LogP contribution >= 0.6 is 0 Å². The summed E-state index contributed by atoms with van der Waals surface area (Å²) in [6.07, 6.45) is 3.33. The molecule has 7 N–H and O–H groups in total. The van der Waals surface area contributed by atoms with E-state index in [-0.39, 0.29) is 89.5 Å². The number of nitrogens with one attached hydrogen (secondary N) is 6. The van der Waals surface area contributed by atoms with Crippen molar-refractivity contribution in [1.29, 1.82) is 5.26 Å². The highest BCUT2D eigenvalue weighted by Crippen LogP contribution is 2.30. The summed E-state index contributed by atoms with van der Waals surface area (Å²) in [7, 11) is 4.57. The first-order chi connectivity index (χ1) is 47.1. The van der Waals surface area contributed by atoms with Gasteiger partial charge in [0.2, 0.25) is 17.8 Å². The SMILES string of the molecule is C=C(C#N)C(O)c1cccc(Nc2nc(Nc3ccc(OCCOC)c(F)c3)ncc2F)c1.C=C(C)C(=O)c1ccc(Nc2nc(Nc3ccc(OCCOC)c(F)c3)ncc2F)cc1.COCCOc1ccc(Nc2ncc(F)c(Nc3ccc(C(=O)C=C(C)C)cc3)n2)cc1F. The number of rotatable bonds is 30. The minimum Gasteiger partial charge on any atom is -0.488 e. The normalized spacial score (nSPS) is 10.8. The maximum Gasteiger partial charge on any atom is 0.229 e. The van der Waals surface area contributed by atoms with Crippen LogP contribution in [-0.2, 0) is 14.2 Å². The summed E-state index contributed by atoms with van der Waals surface area (Å²) in [4.78, 5) is 48.0. The molecule has 508 valence electrons. The molecule has 0 amide bonds. The van der Waals surface area contributed by atoms with Crippen molar-refractivity contribution >= 4 is 81.0 Å². The summed E-state index contributed by atoms with van der Waals surface area (Å²) in [5.41, 5.74) is 5.26. The van der Waals surface area contributed by atoms with Crippen LogP contribution in [0, 0.1) is 46.2 Å². The van der Waals surface area contributed by atoms with E-state index < -0.39 is 41.0 Å². The van der Waals surface area contributed by atoms with Crippen LogP contribution in [-0.4, -0.2) is 108 Å². The number of aliphatic hydroxyl groups is 1. The van der Waals surface area contributed by atoms with Crippen molar-refractivity contribution in [2.24, 2.45) is 0 Å². The number of allylic oxidation sites excluding steroid dienone is 3. The Bertz CT molecular complexity index is 4320. The third-order valence-electron chi connectivity index (χ3n) is 13.0. The van der Waals surface area contributed by atoms with Crippen molar-refractivity contribution in [1.82, 2.24) is 29.9 Å². The second kappa shape index (κ2) is 36.8. The van der Waals surface area contributed by atoms with Crippen molar-refractivity contribution in [3.63, 3.8) is 0 Å². The van der Waals surface area contributed by atoms with E-state index in [2.05, 4.69) is 75.0 Å². The Morgan fingerprint density at radius 1 is 0.490 bits per heavy atom. The van der Waals surface area contributed by atoms with E-state index in [1.807, 2.05) is 13.8 Å². The summed E-state index contributed by atoms with van der Waals surface area (Å²) >= 11 is 0. The molecule has 98 heavy (non-hydrogen) atoms. The fraction of sp³-hybridized carbons (Fsp3) is 0.186. The Morgan fingerprint density at radius 2 is 0.847 bits per heavy atom. The number of aliphatic hydroxyl groups excluding tert-OH is 1. The number of ether oxygens (including phenoxy) is 6. The number of benzene rings is 6. The van der Waals surface area contributed by atoms with Crippen LogP contribution in [0.25, 0.3) is 0 Å². The minimum atomic E-state index is -1.18. The first-order valence-corrected chi connectivity index (χ1v) is 29.5. The number of carbonyl (C=O) groups is 2. The highest BCUT2D eigenvalue weighted by atomic mass is 19.1. The van der Waals surface area contributed by atoms with Gasteiger partial charge in [-0.2, -0.15) is 20.2 Å². The van der Waals surface area contributed by atoms with Crippen molar-refractivity contribution in [2.75, 3.05) is 92.9 Å². The summed E-state index contributed by atoms with van der Waals surface area (Å²) in [5, 5.41) is 36.0. The molecule has 6 aromatic carbocycles. The molecule has 28 heteroatoms. The Kier molecular flexibility index (Phi) is 27.6. The molecule has 0 aliphatic carbocycles. The topological polar surface area (TPSA) is 283 Å². The highest BCUT2D eigenvalue weighted by molar-refractivity contribution is 6.08. The van der Waals surface area contributed by atoms with Crippen molar-refractivity contribution < 1.29 is 69.5 Å². The van der Waals surface area contributed by atoms with Crippen molar-refractivity contribution in [2.45, 2.75) is 26.9 Å². The summed E-state index contributed by atoms with van der Waals surface area (Å²) < 4.78 is 116. The molecule has 1 atom stereocenters. The van der Waals surface area contributed by atoms with Gasteiger partial charge >= 0.3 is 0 Å². The van der Waals surface area contributed by atoms with E-state index in [0.29, 0.717) is 76.2 Å². The molecule has 0 aliphatic rings. The van der Waals surface area contributed by atoms with Crippen LogP contribution in [0.15, 0.2) is 182 Å². The van der Waals surface area contributed by atoms with E-state index in [9.17, 15) is 41.0 Å². The average molecular weight is 1350 g/mol. The second-order valence-electron chi connectivity index (χ2n) is 20.9. The molecule has 0 saturated carbocycles. The van der Waals surface area contributed by atoms with Crippen molar-refractivity contribution in [3.05, 3.63) is 234 Å². The van der Waals surface area contributed by atoms with Gasteiger partial charge in [-0.3, -0.25) is 9.59 Å². The van der Waals surface area contributed by atoms with Gasteiger partial charge in [-0.05, 0) is 135 Å². The van der Waals surface area contributed by atoms with Gasteiger partial charge in [0.1, 0.15) is 25.9 Å². The number of nitrogens with zero attached hydrogens (tertiary/aromatic N) is 7. The first kappa shape index (κ1) is 73.6. The molecular weight excluding hydrogens is 1280 g/mol. The lowest BCUT2D eigenvalue weighted by molar-refractivity contribution is 0.103.